The number of amides is 1. The van der Waals surface area contributed by atoms with Gasteiger partial charge in [-0.2, -0.15) is 0 Å². The fraction of sp³-hybridized carbons (Fsp3) is 0.727. The van der Waals surface area contributed by atoms with Crippen LogP contribution in [0.25, 0.3) is 0 Å². The summed E-state index contributed by atoms with van der Waals surface area (Å²) < 4.78 is 0. The molecule has 0 saturated carbocycles. The van der Waals surface area contributed by atoms with Gasteiger partial charge in [0.1, 0.15) is 6.04 Å². The molecule has 1 amide bonds. The van der Waals surface area contributed by atoms with Crippen molar-refractivity contribution in [2.75, 3.05) is 6.54 Å². The van der Waals surface area contributed by atoms with Crippen LogP contribution < -0.4 is 16.8 Å². The van der Waals surface area contributed by atoms with E-state index in [0.29, 0.717) is 25.8 Å². The van der Waals surface area contributed by atoms with Gasteiger partial charge in [0.2, 0.25) is 5.91 Å². The second-order valence-corrected chi connectivity index (χ2v) is 4.27. The molecule has 0 aliphatic carbocycles. The predicted octanol–water partition coefficient (Wildman–Crippen LogP) is -1.12. The van der Waals surface area contributed by atoms with Gasteiger partial charge >= 0.3 is 11.9 Å². The molecule has 0 saturated heterocycles. The summed E-state index contributed by atoms with van der Waals surface area (Å²) in [5.41, 5.74) is 10.8. The summed E-state index contributed by atoms with van der Waals surface area (Å²) in [6.45, 7) is 0.367. The highest BCUT2D eigenvalue weighted by molar-refractivity contribution is 5.82. The molecule has 0 aliphatic heterocycles. The Labute approximate surface area is 111 Å². The highest BCUT2D eigenvalue weighted by atomic mass is 16.4. The zero-order valence-electron chi connectivity index (χ0n) is 10.7. The minimum Gasteiger partial charge on any atom is -0.481 e. The van der Waals surface area contributed by atoms with Crippen LogP contribution in [-0.2, 0) is 14.4 Å². The highest BCUT2D eigenvalue weighted by Crippen LogP contribution is 1.99. The Morgan fingerprint density at radius 2 is 1.63 bits per heavy atom. The van der Waals surface area contributed by atoms with E-state index in [0.717, 1.165) is 0 Å². The van der Waals surface area contributed by atoms with Crippen LogP contribution in [0.2, 0.25) is 0 Å². The Bertz CT molecular complexity index is 321. The van der Waals surface area contributed by atoms with Crippen molar-refractivity contribution < 1.29 is 24.6 Å². The number of carbonyl (C=O) groups excluding carboxylic acids is 1. The van der Waals surface area contributed by atoms with Gasteiger partial charge in [0.25, 0.3) is 0 Å². The van der Waals surface area contributed by atoms with E-state index in [1.807, 2.05) is 0 Å². The van der Waals surface area contributed by atoms with Crippen molar-refractivity contribution >= 4 is 17.8 Å². The first-order valence-electron chi connectivity index (χ1n) is 6.08. The number of hydrogen-bond donors (Lipinski definition) is 5. The van der Waals surface area contributed by atoms with Crippen LogP contribution in [0.3, 0.4) is 0 Å². The van der Waals surface area contributed by atoms with E-state index in [1.54, 1.807) is 0 Å². The second-order valence-electron chi connectivity index (χ2n) is 4.27. The molecule has 8 heteroatoms. The molecule has 7 N–H and O–H groups in total. The van der Waals surface area contributed by atoms with Gasteiger partial charge in [-0.25, -0.2) is 0 Å². The Morgan fingerprint density at radius 3 is 2.16 bits per heavy atom. The summed E-state index contributed by atoms with van der Waals surface area (Å²) in [7, 11) is 0. The summed E-state index contributed by atoms with van der Waals surface area (Å²) >= 11 is 0. The average molecular weight is 275 g/mol. The maximum Gasteiger partial charge on any atom is 0.320 e. The van der Waals surface area contributed by atoms with Gasteiger partial charge in [-0.15, -0.1) is 0 Å². The molecule has 0 aromatic rings. The smallest absolute Gasteiger partial charge is 0.320 e. The summed E-state index contributed by atoms with van der Waals surface area (Å²) in [5, 5.41) is 19.5. The van der Waals surface area contributed by atoms with Crippen molar-refractivity contribution in [1.82, 2.24) is 5.32 Å². The van der Waals surface area contributed by atoms with Crippen LogP contribution in [0.5, 0.6) is 0 Å². The predicted molar refractivity (Wildman–Crippen MR) is 67.3 cm³/mol. The second kappa shape index (κ2) is 9.29. The standard InChI is InChI=1S/C11H21N3O5/c12-7(4-5-9(15)16)10(17)14-6-2-1-3-8(13)11(18)19/h7-8H,1-6,12-13H2,(H,14,17)(H,15,16)(H,18,19)/t7?,8-/m1/s1. The van der Waals surface area contributed by atoms with Crippen molar-refractivity contribution in [1.29, 1.82) is 0 Å². The molecule has 2 atom stereocenters. The van der Waals surface area contributed by atoms with Gasteiger partial charge in [-0.3, -0.25) is 14.4 Å². The molecule has 0 aromatic carbocycles. The number of aliphatic carboxylic acids is 2. The largest absolute Gasteiger partial charge is 0.481 e. The lowest BCUT2D eigenvalue weighted by Crippen LogP contribution is -2.41. The number of rotatable bonds is 10. The number of unbranched alkanes of at least 4 members (excludes halogenated alkanes) is 1. The molecule has 0 radical (unpaired) electrons. The molecule has 0 bridgehead atoms. The van der Waals surface area contributed by atoms with E-state index in [2.05, 4.69) is 5.32 Å². The molecule has 110 valence electrons. The Balaban J connectivity index is 3.63. The molecule has 0 spiro atoms. The van der Waals surface area contributed by atoms with Crippen molar-refractivity contribution in [3.8, 4) is 0 Å². The van der Waals surface area contributed by atoms with Crippen LogP contribution in [0.4, 0.5) is 0 Å². The fourth-order valence-electron chi connectivity index (χ4n) is 1.37. The molecule has 0 fully saturated rings. The Hall–Kier alpha value is -1.67. The molecule has 0 heterocycles. The molecule has 0 rings (SSSR count). The molecular formula is C11H21N3O5. The van der Waals surface area contributed by atoms with Gasteiger partial charge in [0, 0.05) is 13.0 Å². The van der Waals surface area contributed by atoms with Crippen LogP contribution >= 0.6 is 0 Å². The summed E-state index contributed by atoms with van der Waals surface area (Å²) in [5.74, 6) is -2.44. The fourth-order valence-corrected chi connectivity index (χ4v) is 1.37. The number of nitrogens with one attached hydrogen (secondary N) is 1. The first-order chi connectivity index (χ1) is 8.84. The van der Waals surface area contributed by atoms with Crippen molar-refractivity contribution in [2.24, 2.45) is 11.5 Å². The van der Waals surface area contributed by atoms with Gasteiger partial charge in [-0.05, 0) is 25.7 Å². The van der Waals surface area contributed by atoms with Crippen molar-refractivity contribution in [2.45, 2.75) is 44.2 Å². The normalized spacial score (nSPS) is 13.6. The third-order valence-corrected chi connectivity index (χ3v) is 2.56. The topological polar surface area (TPSA) is 156 Å². The van der Waals surface area contributed by atoms with E-state index >= 15 is 0 Å². The molecule has 8 nitrogen and oxygen atoms in total. The Morgan fingerprint density at radius 1 is 1.00 bits per heavy atom. The average Bonchev–Trinajstić information content (AvgIpc) is 2.34. The maximum atomic E-state index is 11.4. The van der Waals surface area contributed by atoms with E-state index in [9.17, 15) is 14.4 Å². The van der Waals surface area contributed by atoms with E-state index in [4.69, 9.17) is 21.7 Å². The highest BCUT2D eigenvalue weighted by Gasteiger charge is 2.14. The Kier molecular flexibility index (Phi) is 8.47. The number of hydrogen-bond acceptors (Lipinski definition) is 5. The van der Waals surface area contributed by atoms with Crippen LogP contribution in [0, 0.1) is 0 Å². The number of carboxylic acid groups (broad SMARTS) is 2. The summed E-state index contributed by atoms with van der Waals surface area (Å²) in [6.07, 6.45) is 1.46. The minimum atomic E-state index is -1.04. The van der Waals surface area contributed by atoms with Crippen LogP contribution in [0.15, 0.2) is 0 Å². The summed E-state index contributed by atoms with van der Waals surface area (Å²) in [4.78, 5) is 32.1. The molecule has 19 heavy (non-hydrogen) atoms. The van der Waals surface area contributed by atoms with E-state index in [1.165, 1.54) is 0 Å². The minimum absolute atomic E-state index is 0.0883. The number of carboxylic acids is 2. The molecule has 1 unspecified atom stereocenters. The van der Waals surface area contributed by atoms with E-state index in [-0.39, 0.29) is 12.8 Å². The maximum absolute atomic E-state index is 11.4. The van der Waals surface area contributed by atoms with Gasteiger partial charge in [0.05, 0.1) is 6.04 Å². The number of nitrogens with two attached hydrogens (primary N) is 2. The SMILES string of the molecule is NC(CCC(=O)O)C(=O)NCCCC[C@@H](N)C(=O)O. The van der Waals surface area contributed by atoms with Crippen molar-refractivity contribution in [3.05, 3.63) is 0 Å². The number of carbonyl (C=O) groups is 3. The van der Waals surface area contributed by atoms with Gasteiger partial charge in [0.15, 0.2) is 0 Å². The molecule has 0 aliphatic rings. The van der Waals surface area contributed by atoms with Crippen LogP contribution in [0.1, 0.15) is 32.1 Å². The lowest BCUT2D eigenvalue weighted by molar-refractivity contribution is -0.139. The quantitative estimate of drug-likeness (QED) is 0.316. The zero-order chi connectivity index (χ0) is 14.8. The lowest BCUT2D eigenvalue weighted by Gasteiger charge is -2.11. The first kappa shape index (κ1) is 17.3. The van der Waals surface area contributed by atoms with Gasteiger partial charge < -0.3 is 27.0 Å². The third kappa shape index (κ3) is 8.97. The lowest BCUT2D eigenvalue weighted by atomic mass is 10.1. The van der Waals surface area contributed by atoms with Gasteiger partial charge in [-0.1, -0.05) is 0 Å². The van der Waals surface area contributed by atoms with E-state index < -0.39 is 29.9 Å². The first-order valence-corrected chi connectivity index (χ1v) is 6.08. The molecule has 0 aromatic heterocycles. The molecular weight excluding hydrogens is 254 g/mol. The third-order valence-electron chi connectivity index (χ3n) is 2.56. The van der Waals surface area contributed by atoms with Crippen molar-refractivity contribution in [3.63, 3.8) is 0 Å². The van der Waals surface area contributed by atoms with Crippen LogP contribution in [-0.4, -0.2) is 46.7 Å². The monoisotopic (exact) mass is 275 g/mol. The summed E-state index contributed by atoms with van der Waals surface area (Å²) in [6, 6.07) is -1.72. The zero-order valence-corrected chi connectivity index (χ0v) is 10.7.